The molecule has 0 fully saturated rings. The van der Waals surface area contributed by atoms with Gasteiger partial charge >= 0.3 is 0 Å². The zero-order valence-electron chi connectivity index (χ0n) is 16.2. The van der Waals surface area contributed by atoms with Gasteiger partial charge in [-0.1, -0.05) is 55.8 Å². The maximum atomic E-state index is 12.5. The molecule has 5 nitrogen and oxygen atoms in total. The second-order valence-electron chi connectivity index (χ2n) is 6.50. The molecule has 2 aromatic rings. The Balaban J connectivity index is 1.87. The Morgan fingerprint density at radius 3 is 2.04 bits per heavy atom. The predicted molar refractivity (Wildman–Crippen MR) is 108 cm³/mol. The van der Waals surface area contributed by atoms with Gasteiger partial charge in [0.25, 0.3) is 0 Å². The summed E-state index contributed by atoms with van der Waals surface area (Å²) in [6.45, 7) is 6.95. The van der Waals surface area contributed by atoms with Crippen LogP contribution in [0.2, 0.25) is 0 Å². The summed E-state index contributed by atoms with van der Waals surface area (Å²) < 4.78 is 26.4. The van der Waals surface area contributed by atoms with Gasteiger partial charge in [-0.05, 0) is 36.6 Å². The van der Waals surface area contributed by atoms with Crippen LogP contribution >= 0.6 is 0 Å². The van der Waals surface area contributed by atoms with Crippen molar-refractivity contribution < 1.29 is 13.2 Å². The Bertz CT molecular complexity index is 840. The van der Waals surface area contributed by atoms with E-state index in [4.69, 9.17) is 0 Å². The zero-order chi connectivity index (χ0) is 19.9. The number of aryl methyl sites for hydroxylation is 2. The van der Waals surface area contributed by atoms with Gasteiger partial charge in [-0.15, -0.1) is 0 Å². The molecule has 2 rings (SSSR count). The molecule has 0 unspecified atom stereocenters. The fourth-order valence-corrected chi connectivity index (χ4v) is 4.25. The van der Waals surface area contributed by atoms with Crippen LogP contribution in [0.1, 0.15) is 37.0 Å². The van der Waals surface area contributed by atoms with E-state index in [1.807, 2.05) is 45.0 Å². The van der Waals surface area contributed by atoms with E-state index in [1.165, 1.54) is 9.87 Å². The summed E-state index contributed by atoms with van der Waals surface area (Å²) in [5, 5.41) is 2.89. The van der Waals surface area contributed by atoms with E-state index in [0.717, 1.165) is 11.1 Å². The van der Waals surface area contributed by atoms with Gasteiger partial charge in [0, 0.05) is 26.1 Å². The lowest BCUT2D eigenvalue weighted by Crippen LogP contribution is -2.30. The summed E-state index contributed by atoms with van der Waals surface area (Å²) in [7, 11) is -3.45. The first-order valence-corrected chi connectivity index (χ1v) is 10.7. The van der Waals surface area contributed by atoms with Crippen molar-refractivity contribution >= 4 is 15.9 Å². The smallest absolute Gasteiger partial charge is 0.243 e. The highest BCUT2D eigenvalue weighted by molar-refractivity contribution is 7.89. The van der Waals surface area contributed by atoms with Gasteiger partial charge in [0.05, 0.1) is 4.90 Å². The van der Waals surface area contributed by atoms with Crippen LogP contribution in [0.3, 0.4) is 0 Å². The topological polar surface area (TPSA) is 66.5 Å². The number of hydrogen-bond acceptors (Lipinski definition) is 3. The molecule has 0 aromatic heterocycles. The van der Waals surface area contributed by atoms with Crippen LogP contribution in [-0.4, -0.2) is 31.7 Å². The number of amides is 1. The van der Waals surface area contributed by atoms with Gasteiger partial charge in [-0.3, -0.25) is 4.79 Å². The maximum Gasteiger partial charge on any atom is 0.243 e. The molecule has 27 heavy (non-hydrogen) atoms. The molecule has 0 heterocycles. The fraction of sp³-hybridized carbons (Fsp3) is 0.381. The van der Waals surface area contributed by atoms with E-state index in [1.54, 1.807) is 24.3 Å². The number of carbonyl (C=O) groups excluding carboxylic acids is 1. The molecule has 146 valence electrons. The monoisotopic (exact) mass is 388 g/mol. The average Bonchev–Trinajstić information content (AvgIpc) is 2.67. The van der Waals surface area contributed by atoms with E-state index in [-0.39, 0.29) is 10.8 Å². The zero-order valence-corrected chi connectivity index (χ0v) is 17.1. The molecule has 1 N–H and O–H groups in total. The third-order valence-corrected chi connectivity index (χ3v) is 6.58. The lowest BCUT2D eigenvalue weighted by molar-refractivity contribution is -0.121. The molecular weight excluding hydrogens is 360 g/mol. The van der Waals surface area contributed by atoms with Crippen LogP contribution in [-0.2, 0) is 27.8 Å². The summed E-state index contributed by atoms with van der Waals surface area (Å²) in [4.78, 5) is 12.3. The molecule has 0 radical (unpaired) electrons. The molecular formula is C21H28N2O3S. The number of benzene rings is 2. The molecule has 0 aliphatic heterocycles. The van der Waals surface area contributed by atoms with Gasteiger partial charge < -0.3 is 5.32 Å². The van der Waals surface area contributed by atoms with Crippen molar-refractivity contribution in [2.75, 3.05) is 13.1 Å². The highest BCUT2D eigenvalue weighted by Gasteiger charge is 2.21. The summed E-state index contributed by atoms with van der Waals surface area (Å²) >= 11 is 0. The Morgan fingerprint density at radius 1 is 0.926 bits per heavy atom. The van der Waals surface area contributed by atoms with E-state index in [0.29, 0.717) is 32.5 Å². The van der Waals surface area contributed by atoms with Crippen molar-refractivity contribution in [2.24, 2.45) is 0 Å². The van der Waals surface area contributed by atoms with Crippen molar-refractivity contribution in [1.29, 1.82) is 0 Å². The first-order valence-electron chi connectivity index (χ1n) is 9.28. The summed E-state index contributed by atoms with van der Waals surface area (Å²) in [6.07, 6.45) is 1.13. The number of nitrogens with zero attached hydrogens (tertiary/aromatic N) is 1. The molecule has 0 aliphatic carbocycles. The van der Waals surface area contributed by atoms with Gasteiger partial charge in [0.15, 0.2) is 0 Å². The molecule has 0 bridgehead atoms. The minimum atomic E-state index is -3.45. The largest absolute Gasteiger partial charge is 0.352 e. The molecule has 0 atom stereocenters. The van der Waals surface area contributed by atoms with Crippen LogP contribution in [0.5, 0.6) is 0 Å². The molecule has 0 saturated carbocycles. The highest BCUT2D eigenvalue weighted by atomic mass is 32.2. The second-order valence-corrected chi connectivity index (χ2v) is 8.43. The quantitative estimate of drug-likeness (QED) is 0.717. The lowest BCUT2D eigenvalue weighted by Gasteiger charge is -2.18. The van der Waals surface area contributed by atoms with E-state index in [9.17, 15) is 13.2 Å². The molecule has 6 heteroatoms. The third-order valence-electron chi connectivity index (χ3n) is 4.52. The first-order chi connectivity index (χ1) is 12.9. The van der Waals surface area contributed by atoms with Crippen molar-refractivity contribution in [3.8, 4) is 0 Å². The number of sulfonamides is 1. The van der Waals surface area contributed by atoms with Gasteiger partial charge in [-0.25, -0.2) is 8.42 Å². The van der Waals surface area contributed by atoms with E-state index < -0.39 is 10.0 Å². The van der Waals surface area contributed by atoms with Gasteiger partial charge in [-0.2, -0.15) is 4.31 Å². The minimum Gasteiger partial charge on any atom is -0.352 e. The molecule has 0 saturated heterocycles. The van der Waals surface area contributed by atoms with E-state index >= 15 is 0 Å². The Morgan fingerprint density at radius 2 is 1.48 bits per heavy atom. The van der Waals surface area contributed by atoms with Crippen molar-refractivity contribution in [3.63, 3.8) is 0 Å². The van der Waals surface area contributed by atoms with Crippen molar-refractivity contribution in [2.45, 2.75) is 45.1 Å². The van der Waals surface area contributed by atoms with Crippen LogP contribution in [0.25, 0.3) is 0 Å². The Labute approximate surface area is 162 Å². The maximum absolute atomic E-state index is 12.5. The highest BCUT2D eigenvalue weighted by Crippen LogP contribution is 2.16. The average molecular weight is 389 g/mol. The predicted octanol–water partition coefficient (Wildman–Crippen LogP) is 3.27. The Kier molecular flexibility index (Phi) is 7.56. The molecule has 0 aliphatic rings. The Hall–Kier alpha value is -2.18. The summed E-state index contributed by atoms with van der Waals surface area (Å²) in [5.41, 5.74) is 3.22. The molecule has 2 aromatic carbocycles. The van der Waals surface area contributed by atoms with E-state index in [2.05, 4.69) is 5.32 Å². The summed E-state index contributed by atoms with van der Waals surface area (Å²) in [6, 6.07) is 14.9. The number of hydrogen-bond donors (Lipinski definition) is 1. The molecule has 0 spiro atoms. The van der Waals surface area contributed by atoms with Gasteiger partial charge in [0.2, 0.25) is 15.9 Å². The van der Waals surface area contributed by atoms with Crippen LogP contribution in [0.4, 0.5) is 0 Å². The number of carbonyl (C=O) groups is 1. The first kappa shape index (κ1) is 21.1. The number of nitrogens with one attached hydrogen (secondary N) is 1. The van der Waals surface area contributed by atoms with Crippen LogP contribution in [0, 0.1) is 6.92 Å². The van der Waals surface area contributed by atoms with Crippen molar-refractivity contribution in [3.05, 3.63) is 65.2 Å². The number of rotatable bonds is 9. The lowest BCUT2D eigenvalue weighted by atomic mass is 10.1. The SMILES string of the molecule is CCN(CC)S(=O)(=O)c1ccc(CNC(=O)CCc2ccc(C)cc2)cc1. The summed E-state index contributed by atoms with van der Waals surface area (Å²) in [5.74, 6) is -0.0181. The minimum absolute atomic E-state index is 0.0181. The second kappa shape index (κ2) is 9.67. The fourth-order valence-electron chi connectivity index (χ4n) is 2.79. The van der Waals surface area contributed by atoms with Crippen LogP contribution in [0.15, 0.2) is 53.4 Å². The standard InChI is InChI=1S/C21H28N2O3S/c1-4-23(5-2)27(25,26)20-13-10-19(11-14-20)16-22-21(24)15-12-18-8-6-17(3)7-9-18/h6-11,13-14H,4-5,12,15-16H2,1-3H3,(H,22,24). The van der Waals surface area contributed by atoms with Gasteiger partial charge in [0.1, 0.15) is 0 Å². The molecule has 1 amide bonds. The third kappa shape index (κ3) is 5.91. The van der Waals surface area contributed by atoms with Crippen LogP contribution < -0.4 is 5.32 Å². The normalized spacial score (nSPS) is 11.6. The van der Waals surface area contributed by atoms with Crippen molar-refractivity contribution in [1.82, 2.24) is 9.62 Å².